The molecule has 0 aromatic heterocycles. The summed E-state index contributed by atoms with van der Waals surface area (Å²) in [7, 11) is 0. The summed E-state index contributed by atoms with van der Waals surface area (Å²) in [5, 5.41) is 5.38. The predicted molar refractivity (Wildman–Crippen MR) is 107 cm³/mol. The second-order valence-electron chi connectivity index (χ2n) is 7.50. The number of anilines is 2. The van der Waals surface area contributed by atoms with Gasteiger partial charge in [0.05, 0.1) is 30.0 Å². The lowest BCUT2D eigenvalue weighted by Crippen LogP contribution is -2.42. The molecule has 1 heterocycles. The van der Waals surface area contributed by atoms with Gasteiger partial charge in [0.2, 0.25) is 11.8 Å². The van der Waals surface area contributed by atoms with Gasteiger partial charge in [-0.25, -0.2) is 0 Å². The van der Waals surface area contributed by atoms with Gasteiger partial charge < -0.3 is 15.5 Å². The fourth-order valence-electron chi connectivity index (χ4n) is 3.29. The van der Waals surface area contributed by atoms with Crippen molar-refractivity contribution in [3.8, 4) is 0 Å². The summed E-state index contributed by atoms with van der Waals surface area (Å²) >= 11 is 0. The second-order valence-corrected chi connectivity index (χ2v) is 7.50. The van der Waals surface area contributed by atoms with Crippen molar-refractivity contribution < 1.29 is 22.8 Å². The highest BCUT2D eigenvalue weighted by atomic mass is 19.4. The molecule has 6 nitrogen and oxygen atoms in total. The van der Waals surface area contributed by atoms with Gasteiger partial charge in [-0.05, 0) is 51.4 Å². The molecular formula is C20H29F3N4O2. The number of alkyl halides is 3. The summed E-state index contributed by atoms with van der Waals surface area (Å²) in [6.45, 7) is 7.40. The van der Waals surface area contributed by atoms with Crippen LogP contribution in [-0.4, -0.2) is 55.5 Å². The zero-order valence-corrected chi connectivity index (χ0v) is 17.1. The number of halogens is 3. The van der Waals surface area contributed by atoms with E-state index < -0.39 is 17.6 Å². The first kappa shape index (κ1) is 23.0. The molecule has 0 unspecified atom stereocenters. The molecule has 0 radical (unpaired) electrons. The molecule has 0 aliphatic carbocycles. The SMILES string of the molecule is CCN(CC(=O)Nc1cc(C(F)(F)F)ccc1N1CCCC1)CC(=O)NC(C)C. The van der Waals surface area contributed by atoms with Crippen molar-refractivity contribution in [3.63, 3.8) is 0 Å². The summed E-state index contributed by atoms with van der Waals surface area (Å²) in [6, 6.07) is 3.42. The van der Waals surface area contributed by atoms with Crippen molar-refractivity contribution in [1.82, 2.24) is 10.2 Å². The first-order chi connectivity index (χ1) is 13.6. The van der Waals surface area contributed by atoms with E-state index in [-0.39, 0.29) is 30.7 Å². The molecule has 1 saturated heterocycles. The van der Waals surface area contributed by atoms with Crippen molar-refractivity contribution >= 4 is 23.2 Å². The summed E-state index contributed by atoms with van der Waals surface area (Å²) in [4.78, 5) is 28.1. The van der Waals surface area contributed by atoms with E-state index in [2.05, 4.69) is 10.6 Å². The Hall–Kier alpha value is -2.29. The van der Waals surface area contributed by atoms with Crippen LogP contribution in [0.1, 0.15) is 39.2 Å². The molecule has 9 heteroatoms. The van der Waals surface area contributed by atoms with Gasteiger partial charge in [-0.3, -0.25) is 14.5 Å². The van der Waals surface area contributed by atoms with Gasteiger partial charge in [-0.1, -0.05) is 6.92 Å². The van der Waals surface area contributed by atoms with Gasteiger partial charge in [0.25, 0.3) is 0 Å². The molecule has 1 aliphatic heterocycles. The third-order valence-electron chi connectivity index (χ3n) is 4.68. The van der Waals surface area contributed by atoms with Crippen molar-refractivity contribution in [3.05, 3.63) is 23.8 Å². The zero-order chi connectivity index (χ0) is 21.6. The molecule has 1 aromatic rings. The quantitative estimate of drug-likeness (QED) is 0.686. The van der Waals surface area contributed by atoms with Crippen molar-refractivity contribution in [2.24, 2.45) is 0 Å². The Morgan fingerprint density at radius 3 is 2.31 bits per heavy atom. The largest absolute Gasteiger partial charge is 0.416 e. The third-order valence-corrected chi connectivity index (χ3v) is 4.68. The first-order valence-electron chi connectivity index (χ1n) is 9.88. The van der Waals surface area contributed by atoms with E-state index >= 15 is 0 Å². The van der Waals surface area contributed by atoms with Crippen LogP contribution in [0, 0.1) is 0 Å². The molecule has 2 N–H and O–H groups in total. The number of nitrogens with zero attached hydrogens (tertiary/aromatic N) is 2. The van der Waals surface area contributed by atoms with Gasteiger partial charge in [0.15, 0.2) is 0 Å². The van der Waals surface area contributed by atoms with Crippen molar-refractivity contribution in [1.29, 1.82) is 0 Å². The Labute approximate surface area is 169 Å². The smallest absolute Gasteiger partial charge is 0.370 e. The van der Waals surface area contributed by atoms with E-state index in [9.17, 15) is 22.8 Å². The zero-order valence-electron chi connectivity index (χ0n) is 17.1. The fraction of sp³-hybridized carbons (Fsp3) is 0.600. The first-order valence-corrected chi connectivity index (χ1v) is 9.88. The molecular weight excluding hydrogens is 385 g/mol. The average Bonchev–Trinajstić information content (AvgIpc) is 3.13. The number of amides is 2. The van der Waals surface area contributed by atoms with Crippen LogP contribution >= 0.6 is 0 Å². The summed E-state index contributed by atoms with van der Waals surface area (Å²) in [6.07, 6.45) is -2.57. The van der Waals surface area contributed by atoms with Gasteiger partial charge in [-0.2, -0.15) is 13.2 Å². The maximum absolute atomic E-state index is 13.1. The monoisotopic (exact) mass is 414 g/mol. The fourth-order valence-corrected chi connectivity index (χ4v) is 3.29. The molecule has 2 rings (SSSR count). The summed E-state index contributed by atoms with van der Waals surface area (Å²) < 4.78 is 39.4. The van der Waals surface area contributed by atoms with E-state index in [4.69, 9.17) is 0 Å². The van der Waals surface area contributed by atoms with Crippen LogP contribution in [0.25, 0.3) is 0 Å². The van der Waals surface area contributed by atoms with Gasteiger partial charge in [0, 0.05) is 19.1 Å². The Morgan fingerprint density at radius 1 is 1.14 bits per heavy atom. The highest BCUT2D eigenvalue weighted by Crippen LogP contribution is 2.36. The molecule has 1 aromatic carbocycles. The third kappa shape index (κ3) is 6.92. The molecule has 0 saturated carbocycles. The van der Waals surface area contributed by atoms with Crippen LogP contribution in [0.3, 0.4) is 0 Å². The molecule has 1 aliphatic rings. The van der Waals surface area contributed by atoms with Crippen LogP contribution < -0.4 is 15.5 Å². The minimum absolute atomic E-state index is 0.0110. The van der Waals surface area contributed by atoms with Crippen LogP contribution in [0.2, 0.25) is 0 Å². The minimum Gasteiger partial charge on any atom is -0.370 e. The van der Waals surface area contributed by atoms with Gasteiger partial charge in [-0.15, -0.1) is 0 Å². The molecule has 0 spiro atoms. The summed E-state index contributed by atoms with van der Waals surface area (Å²) in [5.41, 5.74) is -0.0711. The van der Waals surface area contributed by atoms with E-state index in [1.165, 1.54) is 6.07 Å². The minimum atomic E-state index is -4.49. The predicted octanol–water partition coefficient (Wildman–Crippen LogP) is 3.09. The lowest BCUT2D eigenvalue weighted by molar-refractivity contribution is -0.137. The second kappa shape index (κ2) is 9.96. The van der Waals surface area contributed by atoms with Crippen LogP contribution in [0.15, 0.2) is 18.2 Å². The Balaban J connectivity index is 2.13. The van der Waals surface area contributed by atoms with Crippen LogP contribution in [0.5, 0.6) is 0 Å². The number of hydrogen-bond acceptors (Lipinski definition) is 4. The number of nitrogens with one attached hydrogen (secondary N) is 2. The molecule has 162 valence electrons. The van der Waals surface area contributed by atoms with Crippen LogP contribution in [-0.2, 0) is 15.8 Å². The highest BCUT2D eigenvalue weighted by Gasteiger charge is 2.32. The maximum atomic E-state index is 13.1. The molecule has 2 amide bonds. The number of likely N-dealkylation sites (N-methyl/N-ethyl adjacent to an activating group) is 1. The lowest BCUT2D eigenvalue weighted by atomic mass is 10.1. The average molecular weight is 414 g/mol. The Bertz CT molecular complexity index is 716. The molecule has 29 heavy (non-hydrogen) atoms. The highest BCUT2D eigenvalue weighted by molar-refractivity contribution is 5.96. The van der Waals surface area contributed by atoms with Crippen LogP contribution in [0.4, 0.5) is 24.5 Å². The lowest BCUT2D eigenvalue weighted by Gasteiger charge is -2.24. The number of hydrogen-bond donors (Lipinski definition) is 2. The van der Waals surface area contributed by atoms with E-state index in [0.29, 0.717) is 12.2 Å². The van der Waals surface area contributed by atoms with E-state index in [1.807, 2.05) is 25.7 Å². The number of carbonyl (C=O) groups excluding carboxylic acids is 2. The molecule has 0 bridgehead atoms. The molecule has 0 atom stereocenters. The normalized spacial score (nSPS) is 14.6. The number of benzene rings is 1. The van der Waals surface area contributed by atoms with E-state index in [0.717, 1.165) is 38.1 Å². The number of rotatable bonds is 8. The Morgan fingerprint density at radius 2 is 1.76 bits per heavy atom. The van der Waals surface area contributed by atoms with Gasteiger partial charge >= 0.3 is 6.18 Å². The summed E-state index contributed by atoms with van der Waals surface area (Å²) in [5.74, 6) is -0.657. The Kier molecular flexibility index (Phi) is 7.89. The van der Waals surface area contributed by atoms with Crippen molar-refractivity contribution in [2.75, 3.05) is 42.9 Å². The topological polar surface area (TPSA) is 64.7 Å². The molecule has 1 fully saturated rings. The number of carbonyl (C=O) groups is 2. The standard InChI is InChI=1S/C20H29F3N4O2/c1-4-26(12-18(28)24-14(2)3)13-19(29)25-16-11-15(20(21,22)23)7-8-17(16)27-9-5-6-10-27/h7-8,11,14H,4-6,9-10,12-13H2,1-3H3,(H,24,28)(H,25,29). The maximum Gasteiger partial charge on any atom is 0.416 e. The van der Waals surface area contributed by atoms with E-state index in [1.54, 1.807) is 4.90 Å². The van der Waals surface area contributed by atoms with Crippen molar-refractivity contribution in [2.45, 2.75) is 45.8 Å². The van der Waals surface area contributed by atoms with Gasteiger partial charge in [0.1, 0.15) is 0 Å².